The molecule has 2 atom stereocenters. The topological polar surface area (TPSA) is 44.3 Å². The van der Waals surface area contributed by atoms with E-state index in [-0.39, 0.29) is 0 Å². The Hall–Kier alpha value is -1.36. The molecule has 0 aliphatic carbocycles. The number of anilines is 2. The highest BCUT2D eigenvalue weighted by Crippen LogP contribution is 2.28. The van der Waals surface area contributed by atoms with Gasteiger partial charge in [0.1, 0.15) is 5.82 Å². The third-order valence-corrected chi connectivity index (χ3v) is 4.22. The largest absolute Gasteiger partial charge is 0.367 e. The van der Waals surface area contributed by atoms with E-state index in [2.05, 4.69) is 20.2 Å². The second kappa shape index (κ2) is 5.33. The molecule has 5 heteroatoms. The summed E-state index contributed by atoms with van der Waals surface area (Å²) in [5.41, 5.74) is 0. The Morgan fingerprint density at radius 1 is 1.32 bits per heavy atom. The molecular formula is C14H23N5. The van der Waals surface area contributed by atoms with Crippen LogP contribution in [0, 0.1) is 0 Å². The summed E-state index contributed by atoms with van der Waals surface area (Å²) in [6.45, 7) is 2.53. The number of nitrogens with zero attached hydrogens (tertiary/aromatic N) is 4. The van der Waals surface area contributed by atoms with Crippen molar-refractivity contribution in [1.82, 2.24) is 14.9 Å². The minimum atomic E-state index is 0.560. The van der Waals surface area contributed by atoms with Crippen LogP contribution in [0.1, 0.15) is 25.7 Å². The first-order valence-electron chi connectivity index (χ1n) is 7.23. The summed E-state index contributed by atoms with van der Waals surface area (Å²) in [4.78, 5) is 13.4. The van der Waals surface area contributed by atoms with Gasteiger partial charge in [-0.3, -0.25) is 0 Å². The van der Waals surface area contributed by atoms with E-state index >= 15 is 0 Å². The molecule has 0 radical (unpaired) electrons. The molecule has 19 heavy (non-hydrogen) atoms. The lowest BCUT2D eigenvalue weighted by atomic mass is 9.98. The highest BCUT2D eigenvalue weighted by Gasteiger charge is 2.31. The minimum absolute atomic E-state index is 0.560. The molecule has 2 fully saturated rings. The number of fused-ring (bicyclic) bond motifs is 1. The molecule has 1 N–H and O–H groups in total. The predicted octanol–water partition coefficient (Wildman–Crippen LogP) is 1.58. The van der Waals surface area contributed by atoms with E-state index < -0.39 is 0 Å². The van der Waals surface area contributed by atoms with E-state index in [1.54, 1.807) is 0 Å². The number of hydrogen-bond donors (Lipinski definition) is 1. The molecule has 2 saturated heterocycles. The van der Waals surface area contributed by atoms with Crippen LogP contribution < -0.4 is 10.2 Å². The third kappa shape index (κ3) is 2.81. The molecule has 0 amide bonds. The van der Waals surface area contributed by atoms with Crippen LogP contribution in [-0.2, 0) is 0 Å². The van der Waals surface area contributed by atoms with Crippen LogP contribution in [0.15, 0.2) is 12.3 Å². The summed E-state index contributed by atoms with van der Waals surface area (Å²) in [6, 6.07) is 3.32. The van der Waals surface area contributed by atoms with Crippen molar-refractivity contribution in [2.45, 2.75) is 37.8 Å². The zero-order chi connectivity index (χ0) is 13.2. The number of aromatic nitrogens is 2. The maximum Gasteiger partial charge on any atom is 0.226 e. The lowest BCUT2D eigenvalue weighted by Gasteiger charge is -2.35. The number of hydrogen-bond acceptors (Lipinski definition) is 5. The van der Waals surface area contributed by atoms with Crippen molar-refractivity contribution in [3.63, 3.8) is 0 Å². The van der Waals surface area contributed by atoms with Gasteiger partial charge >= 0.3 is 0 Å². The summed E-state index contributed by atoms with van der Waals surface area (Å²) in [7, 11) is 3.94. The molecule has 1 aromatic rings. The van der Waals surface area contributed by atoms with Crippen molar-refractivity contribution in [3.05, 3.63) is 12.3 Å². The van der Waals surface area contributed by atoms with E-state index in [9.17, 15) is 0 Å². The Kier molecular flexibility index (Phi) is 3.55. The van der Waals surface area contributed by atoms with E-state index in [0.29, 0.717) is 6.04 Å². The molecule has 0 saturated carbocycles. The smallest absolute Gasteiger partial charge is 0.226 e. The number of piperidine rings is 1. The quantitative estimate of drug-likeness (QED) is 0.895. The van der Waals surface area contributed by atoms with E-state index in [1.165, 1.54) is 38.8 Å². The lowest BCUT2D eigenvalue weighted by molar-refractivity contribution is 0.188. The van der Waals surface area contributed by atoms with Crippen molar-refractivity contribution < 1.29 is 0 Å². The zero-order valence-corrected chi connectivity index (χ0v) is 11.8. The van der Waals surface area contributed by atoms with E-state index in [4.69, 9.17) is 0 Å². The molecule has 1 aromatic heterocycles. The van der Waals surface area contributed by atoms with Crippen LogP contribution >= 0.6 is 0 Å². The number of rotatable bonds is 3. The fraction of sp³-hybridized carbons (Fsp3) is 0.714. The van der Waals surface area contributed by atoms with E-state index in [0.717, 1.165) is 17.8 Å². The highest BCUT2D eigenvalue weighted by molar-refractivity contribution is 5.41. The molecule has 3 rings (SSSR count). The van der Waals surface area contributed by atoms with Gasteiger partial charge in [0, 0.05) is 38.9 Å². The van der Waals surface area contributed by atoms with Crippen LogP contribution in [-0.4, -0.2) is 54.1 Å². The zero-order valence-electron chi connectivity index (χ0n) is 11.8. The van der Waals surface area contributed by atoms with Gasteiger partial charge in [-0.15, -0.1) is 0 Å². The third-order valence-electron chi connectivity index (χ3n) is 4.22. The maximum absolute atomic E-state index is 4.54. The second-order valence-corrected chi connectivity index (χ2v) is 5.83. The summed E-state index contributed by atoms with van der Waals surface area (Å²) < 4.78 is 0. The van der Waals surface area contributed by atoms with Crippen molar-refractivity contribution >= 4 is 11.8 Å². The van der Waals surface area contributed by atoms with Crippen LogP contribution in [0.3, 0.4) is 0 Å². The SMILES string of the molecule is CN(C)c1nccc(NC2CCN3CCCC3C2)n1. The lowest BCUT2D eigenvalue weighted by Crippen LogP contribution is -2.42. The fourth-order valence-corrected chi connectivity index (χ4v) is 3.21. The molecule has 5 nitrogen and oxygen atoms in total. The van der Waals surface area contributed by atoms with Crippen LogP contribution in [0.2, 0.25) is 0 Å². The van der Waals surface area contributed by atoms with Gasteiger partial charge in [-0.1, -0.05) is 0 Å². The monoisotopic (exact) mass is 261 g/mol. The van der Waals surface area contributed by atoms with Gasteiger partial charge in [-0.25, -0.2) is 4.98 Å². The summed E-state index contributed by atoms with van der Waals surface area (Å²) in [5.74, 6) is 1.72. The van der Waals surface area contributed by atoms with Gasteiger partial charge < -0.3 is 15.1 Å². The van der Waals surface area contributed by atoms with Crippen LogP contribution in [0.4, 0.5) is 11.8 Å². The Bertz CT molecular complexity index is 434. The minimum Gasteiger partial charge on any atom is -0.367 e. The van der Waals surface area contributed by atoms with Crippen molar-refractivity contribution in [2.24, 2.45) is 0 Å². The Morgan fingerprint density at radius 2 is 2.21 bits per heavy atom. The summed E-state index contributed by atoms with van der Waals surface area (Å²) >= 11 is 0. The Morgan fingerprint density at radius 3 is 3.05 bits per heavy atom. The fourth-order valence-electron chi connectivity index (χ4n) is 3.21. The summed E-state index contributed by atoms with van der Waals surface area (Å²) in [5, 5.41) is 3.58. The Balaban J connectivity index is 1.63. The molecule has 104 valence electrons. The first kappa shape index (κ1) is 12.7. The first-order valence-corrected chi connectivity index (χ1v) is 7.23. The average Bonchev–Trinajstić information content (AvgIpc) is 2.86. The van der Waals surface area contributed by atoms with Gasteiger partial charge in [0.05, 0.1) is 0 Å². The molecule has 2 unspecified atom stereocenters. The second-order valence-electron chi connectivity index (χ2n) is 5.83. The molecule has 3 heterocycles. The van der Waals surface area contributed by atoms with E-state index in [1.807, 2.05) is 31.3 Å². The molecular weight excluding hydrogens is 238 g/mol. The maximum atomic E-state index is 4.54. The summed E-state index contributed by atoms with van der Waals surface area (Å²) in [6.07, 6.45) is 7.04. The Labute approximate surface area is 115 Å². The van der Waals surface area contributed by atoms with Crippen LogP contribution in [0.25, 0.3) is 0 Å². The molecule has 0 bridgehead atoms. The van der Waals surface area contributed by atoms with Gasteiger partial charge in [0.15, 0.2) is 0 Å². The van der Waals surface area contributed by atoms with Crippen LogP contribution in [0.5, 0.6) is 0 Å². The van der Waals surface area contributed by atoms with Gasteiger partial charge in [-0.2, -0.15) is 4.98 Å². The van der Waals surface area contributed by atoms with Crippen molar-refractivity contribution in [3.8, 4) is 0 Å². The number of nitrogens with one attached hydrogen (secondary N) is 1. The van der Waals surface area contributed by atoms with Gasteiger partial charge in [0.2, 0.25) is 5.95 Å². The van der Waals surface area contributed by atoms with Gasteiger partial charge in [-0.05, 0) is 38.3 Å². The highest BCUT2D eigenvalue weighted by atomic mass is 15.2. The first-order chi connectivity index (χ1) is 9.22. The van der Waals surface area contributed by atoms with Crippen molar-refractivity contribution in [1.29, 1.82) is 0 Å². The molecule has 2 aliphatic rings. The molecule has 2 aliphatic heterocycles. The normalized spacial score (nSPS) is 27.1. The average molecular weight is 261 g/mol. The standard InChI is InChI=1S/C14H23N5/c1-18(2)14-15-7-5-13(17-14)16-11-6-9-19-8-3-4-12(19)10-11/h5,7,11-12H,3-4,6,8-10H2,1-2H3,(H,15,16,17). The van der Waals surface area contributed by atoms with Gasteiger partial charge in [0.25, 0.3) is 0 Å². The molecule has 0 aromatic carbocycles. The van der Waals surface area contributed by atoms with Crippen molar-refractivity contribution in [2.75, 3.05) is 37.4 Å². The molecule has 0 spiro atoms. The predicted molar refractivity (Wildman–Crippen MR) is 77.6 cm³/mol.